The van der Waals surface area contributed by atoms with Gasteiger partial charge >= 0.3 is 0 Å². The van der Waals surface area contributed by atoms with E-state index in [0.717, 1.165) is 5.56 Å². The molecule has 0 aliphatic rings. The van der Waals surface area contributed by atoms with Crippen molar-refractivity contribution < 1.29 is 13.5 Å². The third-order valence-electron chi connectivity index (χ3n) is 2.52. The Labute approximate surface area is 133 Å². The van der Waals surface area contributed by atoms with Gasteiger partial charge in [0.1, 0.15) is 4.90 Å². The Bertz CT molecular complexity index is 763. The van der Waals surface area contributed by atoms with E-state index in [1.807, 2.05) is 6.92 Å². The number of benzene rings is 1. The third-order valence-corrected chi connectivity index (χ3v) is 5.67. The van der Waals surface area contributed by atoms with Crippen LogP contribution in [-0.4, -0.2) is 18.5 Å². The Balaban J connectivity index is 2.47. The van der Waals surface area contributed by atoms with Gasteiger partial charge in [-0.3, -0.25) is 4.72 Å². The average molecular weight is 422 g/mol. The maximum atomic E-state index is 12.3. The lowest BCUT2D eigenvalue weighted by Gasteiger charge is -2.11. The van der Waals surface area contributed by atoms with Gasteiger partial charge in [-0.25, -0.2) is 13.4 Å². The molecule has 0 aliphatic carbocycles. The summed E-state index contributed by atoms with van der Waals surface area (Å²) < 4.78 is 28.0. The molecule has 20 heavy (non-hydrogen) atoms. The first-order valence-electron chi connectivity index (χ1n) is 5.44. The summed E-state index contributed by atoms with van der Waals surface area (Å²) in [4.78, 5) is 3.85. The van der Waals surface area contributed by atoms with Gasteiger partial charge in [-0.2, -0.15) is 0 Å². The molecule has 2 rings (SSSR count). The predicted octanol–water partition coefficient (Wildman–Crippen LogP) is 3.42. The van der Waals surface area contributed by atoms with Gasteiger partial charge in [-0.15, -0.1) is 0 Å². The number of nitrogens with zero attached hydrogens (tertiary/aromatic N) is 1. The van der Waals surface area contributed by atoms with Crippen LogP contribution in [0.3, 0.4) is 0 Å². The Morgan fingerprint density at radius 2 is 1.95 bits per heavy atom. The van der Waals surface area contributed by atoms with Crippen molar-refractivity contribution >= 4 is 47.7 Å². The highest BCUT2D eigenvalue weighted by atomic mass is 79.9. The summed E-state index contributed by atoms with van der Waals surface area (Å²) in [5.41, 5.74) is 0.900. The number of sulfonamides is 1. The molecule has 8 heteroatoms. The predicted molar refractivity (Wildman–Crippen MR) is 83.3 cm³/mol. The van der Waals surface area contributed by atoms with Gasteiger partial charge in [-0.05, 0) is 52.7 Å². The highest BCUT2D eigenvalue weighted by Gasteiger charge is 2.21. The zero-order chi connectivity index (χ0) is 14.9. The van der Waals surface area contributed by atoms with Crippen LogP contribution in [0.5, 0.6) is 5.75 Å². The van der Waals surface area contributed by atoms with Crippen LogP contribution in [0.1, 0.15) is 5.56 Å². The molecule has 0 bridgehead atoms. The molecule has 106 valence electrons. The van der Waals surface area contributed by atoms with Crippen molar-refractivity contribution in [1.29, 1.82) is 0 Å². The minimum absolute atomic E-state index is 0.0556. The Hall–Kier alpha value is -1.12. The first-order chi connectivity index (χ1) is 9.31. The highest BCUT2D eigenvalue weighted by molar-refractivity contribution is 9.11. The van der Waals surface area contributed by atoms with Crippen LogP contribution < -0.4 is 4.72 Å². The summed E-state index contributed by atoms with van der Waals surface area (Å²) in [6.45, 7) is 1.85. The summed E-state index contributed by atoms with van der Waals surface area (Å²) in [6, 6.07) is 6.04. The molecule has 1 heterocycles. The number of halogens is 2. The van der Waals surface area contributed by atoms with E-state index in [4.69, 9.17) is 0 Å². The molecule has 1 aromatic carbocycles. The quantitative estimate of drug-likeness (QED) is 0.795. The van der Waals surface area contributed by atoms with Crippen molar-refractivity contribution in [2.45, 2.75) is 11.8 Å². The fourth-order valence-corrected chi connectivity index (χ4v) is 4.19. The van der Waals surface area contributed by atoms with E-state index in [-0.39, 0.29) is 16.5 Å². The maximum Gasteiger partial charge on any atom is 0.264 e. The SMILES string of the molecule is Cc1cc(Br)c(S(=O)(=O)Nc2ncccc2O)cc1Br. The summed E-state index contributed by atoms with van der Waals surface area (Å²) in [5, 5.41) is 9.58. The molecular weight excluding hydrogens is 412 g/mol. The van der Waals surface area contributed by atoms with E-state index >= 15 is 0 Å². The van der Waals surface area contributed by atoms with Crippen LogP contribution in [0, 0.1) is 6.92 Å². The molecule has 5 nitrogen and oxygen atoms in total. The van der Waals surface area contributed by atoms with E-state index in [9.17, 15) is 13.5 Å². The highest BCUT2D eigenvalue weighted by Crippen LogP contribution is 2.31. The molecule has 0 amide bonds. The van der Waals surface area contributed by atoms with Gasteiger partial charge in [-0.1, -0.05) is 15.9 Å². The van der Waals surface area contributed by atoms with Crippen LogP contribution in [0.2, 0.25) is 0 Å². The van der Waals surface area contributed by atoms with E-state index in [2.05, 4.69) is 41.6 Å². The second-order valence-corrected chi connectivity index (χ2v) is 7.37. The number of hydrogen-bond acceptors (Lipinski definition) is 4. The molecule has 2 aromatic rings. The lowest BCUT2D eigenvalue weighted by atomic mass is 10.2. The largest absolute Gasteiger partial charge is 0.504 e. The molecule has 0 spiro atoms. The number of aromatic hydroxyl groups is 1. The van der Waals surface area contributed by atoms with Crippen molar-refractivity contribution in [3.05, 3.63) is 45.0 Å². The molecule has 0 aliphatic heterocycles. The van der Waals surface area contributed by atoms with E-state index in [0.29, 0.717) is 8.95 Å². The summed E-state index contributed by atoms with van der Waals surface area (Å²) in [6.07, 6.45) is 1.39. The summed E-state index contributed by atoms with van der Waals surface area (Å²) in [5.74, 6) is -0.352. The van der Waals surface area contributed by atoms with Crippen molar-refractivity contribution in [2.24, 2.45) is 0 Å². The Morgan fingerprint density at radius 1 is 1.25 bits per heavy atom. The topological polar surface area (TPSA) is 79.3 Å². The second-order valence-electron chi connectivity index (χ2n) is 4.01. The number of aromatic nitrogens is 1. The van der Waals surface area contributed by atoms with Gasteiger partial charge in [0.2, 0.25) is 0 Å². The van der Waals surface area contributed by atoms with Crippen molar-refractivity contribution in [3.8, 4) is 5.75 Å². The van der Waals surface area contributed by atoms with Crippen molar-refractivity contribution in [1.82, 2.24) is 4.98 Å². The monoisotopic (exact) mass is 420 g/mol. The van der Waals surface area contributed by atoms with Gasteiger partial charge in [0.25, 0.3) is 10.0 Å². The average Bonchev–Trinajstić information content (AvgIpc) is 2.36. The molecule has 0 atom stereocenters. The van der Waals surface area contributed by atoms with E-state index in [1.165, 1.54) is 24.4 Å². The molecule has 0 saturated carbocycles. The zero-order valence-corrected chi connectivity index (χ0v) is 14.3. The van der Waals surface area contributed by atoms with E-state index in [1.54, 1.807) is 6.07 Å². The van der Waals surface area contributed by atoms with Gasteiger partial charge in [0.15, 0.2) is 11.6 Å². The number of pyridine rings is 1. The molecular formula is C12H10Br2N2O3S. The molecule has 0 saturated heterocycles. The molecule has 0 unspecified atom stereocenters. The van der Waals surface area contributed by atoms with Gasteiger partial charge in [0, 0.05) is 15.1 Å². The number of hydrogen-bond donors (Lipinski definition) is 2. The van der Waals surface area contributed by atoms with Crippen LogP contribution in [0.25, 0.3) is 0 Å². The number of rotatable bonds is 3. The fourth-order valence-electron chi connectivity index (χ4n) is 1.49. The first kappa shape index (κ1) is 15.3. The first-order valence-corrected chi connectivity index (χ1v) is 8.50. The third kappa shape index (κ3) is 3.13. The minimum atomic E-state index is -3.86. The lowest BCUT2D eigenvalue weighted by Crippen LogP contribution is -2.14. The van der Waals surface area contributed by atoms with Crippen molar-refractivity contribution in [2.75, 3.05) is 4.72 Å². The number of anilines is 1. The molecule has 1 aromatic heterocycles. The minimum Gasteiger partial charge on any atom is -0.504 e. The van der Waals surface area contributed by atoms with Crippen LogP contribution in [0.4, 0.5) is 5.82 Å². The molecule has 2 N–H and O–H groups in total. The van der Waals surface area contributed by atoms with E-state index < -0.39 is 10.0 Å². The smallest absolute Gasteiger partial charge is 0.264 e. The standard InChI is InChI=1S/C12H10Br2N2O3S/c1-7-5-9(14)11(6-8(7)13)20(18,19)16-12-10(17)3-2-4-15-12/h2-6,17H,1H3,(H,15,16). The maximum absolute atomic E-state index is 12.3. The second kappa shape index (κ2) is 5.71. The fraction of sp³-hybridized carbons (Fsp3) is 0.0833. The lowest BCUT2D eigenvalue weighted by molar-refractivity contribution is 0.475. The normalized spacial score (nSPS) is 11.3. The number of nitrogens with one attached hydrogen (secondary N) is 1. The van der Waals surface area contributed by atoms with Crippen LogP contribution >= 0.6 is 31.9 Å². The van der Waals surface area contributed by atoms with Crippen molar-refractivity contribution in [3.63, 3.8) is 0 Å². The Morgan fingerprint density at radius 3 is 2.60 bits per heavy atom. The zero-order valence-electron chi connectivity index (χ0n) is 10.3. The molecule has 0 radical (unpaired) electrons. The Kier molecular flexibility index (Phi) is 4.36. The molecule has 0 fully saturated rings. The van der Waals surface area contributed by atoms with Gasteiger partial charge in [0.05, 0.1) is 0 Å². The summed E-state index contributed by atoms with van der Waals surface area (Å²) >= 11 is 6.52. The summed E-state index contributed by atoms with van der Waals surface area (Å²) in [7, 11) is -3.86. The number of aryl methyl sites for hydroxylation is 1. The van der Waals surface area contributed by atoms with Crippen LogP contribution in [-0.2, 0) is 10.0 Å². The van der Waals surface area contributed by atoms with Crippen LogP contribution in [0.15, 0.2) is 44.3 Å². The van der Waals surface area contributed by atoms with Gasteiger partial charge < -0.3 is 5.11 Å².